The van der Waals surface area contributed by atoms with E-state index in [-0.39, 0.29) is 18.4 Å². The second kappa shape index (κ2) is 7.41. The van der Waals surface area contributed by atoms with Crippen molar-refractivity contribution < 1.29 is 4.79 Å². The molecule has 140 valence electrons. The van der Waals surface area contributed by atoms with E-state index in [1.165, 1.54) is 0 Å². The van der Waals surface area contributed by atoms with Crippen molar-refractivity contribution in [2.45, 2.75) is 25.3 Å². The summed E-state index contributed by atoms with van der Waals surface area (Å²) in [6.45, 7) is 1.37. The minimum Gasteiger partial charge on any atom is -0.369 e. The summed E-state index contributed by atoms with van der Waals surface area (Å²) in [6, 6.07) is 13.3. The van der Waals surface area contributed by atoms with Gasteiger partial charge in [0.25, 0.3) is 0 Å². The first-order valence-corrected chi connectivity index (χ1v) is 9.72. The van der Waals surface area contributed by atoms with Crippen LogP contribution in [-0.4, -0.2) is 33.4 Å². The van der Waals surface area contributed by atoms with Crippen LogP contribution in [0.15, 0.2) is 42.5 Å². The summed E-state index contributed by atoms with van der Waals surface area (Å²) in [5, 5.41) is 1.08. The van der Waals surface area contributed by atoms with Gasteiger partial charge < -0.3 is 15.2 Å². The van der Waals surface area contributed by atoms with Gasteiger partial charge in [-0.2, -0.15) is 0 Å². The van der Waals surface area contributed by atoms with E-state index in [1.807, 2.05) is 29.2 Å². The molecule has 2 heterocycles. The maximum atomic E-state index is 12.8. The number of fused-ring (bicyclic) bond motifs is 1. The van der Waals surface area contributed by atoms with Crippen LogP contribution >= 0.6 is 23.2 Å². The molecular weight excluding hydrogens is 383 g/mol. The van der Waals surface area contributed by atoms with Crippen molar-refractivity contribution in [2.75, 3.05) is 18.8 Å². The molecule has 0 unspecified atom stereocenters. The van der Waals surface area contributed by atoms with E-state index >= 15 is 0 Å². The largest absolute Gasteiger partial charge is 0.369 e. The van der Waals surface area contributed by atoms with Crippen LogP contribution in [0.25, 0.3) is 11.0 Å². The minimum atomic E-state index is 0.0704. The highest BCUT2D eigenvalue weighted by molar-refractivity contribution is 6.34. The maximum Gasteiger partial charge on any atom is 0.227 e. The molecule has 27 heavy (non-hydrogen) atoms. The van der Waals surface area contributed by atoms with Crippen LogP contribution in [0.5, 0.6) is 0 Å². The second-order valence-corrected chi connectivity index (χ2v) is 7.79. The van der Waals surface area contributed by atoms with Crippen LogP contribution in [0.3, 0.4) is 0 Å². The summed E-state index contributed by atoms with van der Waals surface area (Å²) in [5.74, 6) is 0.568. The number of nitrogens with two attached hydrogens (primary N) is 1. The summed E-state index contributed by atoms with van der Waals surface area (Å²) >= 11 is 12.1. The average molecular weight is 403 g/mol. The molecule has 4 rings (SSSR count). The van der Waals surface area contributed by atoms with Gasteiger partial charge in [-0.05, 0) is 48.7 Å². The molecule has 1 aliphatic rings. The third-order valence-electron chi connectivity index (χ3n) is 5.02. The van der Waals surface area contributed by atoms with Crippen molar-refractivity contribution >= 4 is 46.1 Å². The Labute approximate surface area is 167 Å². The lowest BCUT2D eigenvalue weighted by Gasteiger charge is -2.34. The summed E-state index contributed by atoms with van der Waals surface area (Å²) in [4.78, 5) is 19.2. The van der Waals surface area contributed by atoms with Crippen molar-refractivity contribution in [2.24, 2.45) is 0 Å². The Hall–Kier alpha value is -2.24. The first kappa shape index (κ1) is 18.1. The first-order chi connectivity index (χ1) is 13.0. The summed E-state index contributed by atoms with van der Waals surface area (Å²) < 4.78 is 2.06. The summed E-state index contributed by atoms with van der Waals surface area (Å²) in [6.07, 6.45) is 2.18. The lowest BCUT2D eigenvalue weighted by atomic mass is 10.0. The molecule has 0 aliphatic carbocycles. The quantitative estimate of drug-likeness (QED) is 0.708. The third kappa shape index (κ3) is 3.75. The van der Waals surface area contributed by atoms with E-state index in [0.717, 1.165) is 36.0 Å². The van der Waals surface area contributed by atoms with Crippen molar-refractivity contribution in [3.8, 4) is 0 Å². The number of likely N-dealkylation sites (tertiary alicyclic amines) is 1. The van der Waals surface area contributed by atoms with E-state index in [1.54, 1.807) is 18.2 Å². The smallest absolute Gasteiger partial charge is 0.227 e. The number of piperidine rings is 1. The van der Waals surface area contributed by atoms with Gasteiger partial charge in [-0.15, -0.1) is 0 Å². The van der Waals surface area contributed by atoms with Crippen LogP contribution in [0.4, 0.5) is 5.95 Å². The number of para-hydroxylation sites is 2. The Balaban J connectivity index is 1.54. The number of halogens is 2. The van der Waals surface area contributed by atoms with Crippen molar-refractivity contribution in [3.63, 3.8) is 0 Å². The second-order valence-electron chi connectivity index (χ2n) is 6.92. The Morgan fingerprint density at radius 1 is 1.19 bits per heavy atom. The molecule has 0 radical (unpaired) electrons. The number of nitrogens with zero attached hydrogens (tertiary/aromatic N) is 3. The highest BCUT2D eigenvalue weighted by Gasteiger charge is 2.27. The first-order valence-electron chi connectivity index (χ1n) is 8.96. The number of carbonyl (C=O) groups is 1. The van der Waals surface area contributed by atoms with Crippen LogP contribution in [-0.2, 0) is 11.2 Å². The number of aromatic nitrogens is 2. The molecule has 1 saturated heterocycles. The summed E-state index contributed by atoms with van der Waals surface area (Å²) in [7, 11) is 0. The van der Waals surface area contributed by atoms with Gasteiger partial charge in [0.2, 0.25) is 11.9 Å². The molecule has 1 amide bonds. The van der Waals surface area contributed by atoms with Gasteiger partial charge in [0.05, 0.1) is 23.5 Å². The number of benzene rings is 2. The van der Waals surface area contributed by atoms with Gasteiger partial charge in [-0.1, -0.05) is 35.3 Å². The van der Waals surface area contributed by atoms with Crippen LogP contribution in [0.2, 0.25) is 10.0 Å². The van der Waals surface area contributed by atoms with E-state index in [9.17, 15) is 4.79 Å². The molecule has 7 heteroatoms. The van der Waals surface area contributed by atoms with E-state index in [4.69, 9.17) is 28.9 Å². The maximum absolute atomic E-state index is 12.8. The number of imidazole rings is 1. The molecule has 1 atom stereocenters. The molecule has 3 aromatic rings. The summed E-state index contributed by atoms with van der Waals surface area (Å²) in [5.41, 5.74) is 8.90. The van der Waals surface area contributed by atoms with Crippen molar-refractivity contribution in [1.82, 2.24) is 14.5 Å². The number of amides is 1. The lowest BCUT2D eigenvalue weighted by Crippen LogP contribution is -2.41. The predicted octanol–water partition coefficient (Wildman–Crippen LogP) is 4.33. The molecule has 1 fully saturated rings. The number of hydrogen-bond donors (Lipinski definition) is 1. The van der Waals surface area contributed by atoms with E-state index in [0.29, 0.717) is 22.5 Å². The topological polar surface area (TPSA) is 64.2 Å². The van der Waals surface area contributed by atoms with Gasteiger partial charge in [-0.25, -0.2) is 4.98 Å². The zero-order valence-electron chi connectivity index (χ0n) is 14.7. The number of anilines is 1. The number of carbonyl (C=O) groups excluding carboxylic acids is 1. The fourth-order valence-electron chi connectivity index (χ4n) is 3.84. The predicted molar refractivity (Wildman–Crippen MR) is 109 cm³/mol. The van der Waals surface area contributed by atoms with E-state index < -0.39 is 0 Å². The average Bonchev–Trinajstić information content (AvgIpc) is 2.96. The standard InChI is InChI=1S/C20H20Cl2N4O/c21-14-8-13(9-15(22)11-14)10-19(27)25-7-3-4-16(12-25)26-18-6-2-1-5-17(18)24-20(26)23/h1-2,5-6,8-9,11,16H,3-4,7,10,12H2,(H2,23,24)/t16-/m0/s1. The normalized spacial score (nSPS) is 17.4. The molecule has 2 N–H and O–H groups in total. The SMILES string of the molecule is Nc1nc2ccccc2n1[C@H]1CCCN(C(=O)Cc2cc(Cl)cc(Cl)c2)C1. The monoisotopic (exact) mass is 402 g/mol. The number of hydrogen-bond acceptors (Lipinski definition) is 3. The highest BCUT2D eigenvalue weighted by atomic mass is 35.5. The fourth-order valence-corrected chi connectivity index (χ4v) is 4.41. The molecule has 2 aromatic carbocycles. The van der Waals surface area contributed by atoms with Crippen LogP contribution in [0.1, 0.15) is 24.4 Å². The zero-order chi connectivity index (χ0) is 19.0. The van der Waals surface area contributed by atoms with Gasteiger partial charge in [0, 0.05) is 23.1 Å². The molecule has 0 saturated carbocycles. The van der Waals surface area contributed by atoms with Crippen LogP contribution in [0, 0.1) is 0 Å². The zero-order valence-corrected chi connectivity index (χ0v) is 16.2. The lowest BCUT2D eigenvalue weighted by molar-refractivity contribution is -0.132. The Morgan fingerprint density at radius 2 is 1.93 bits per heavy atom. The van der Waals surface area contributed by atoms with Crippen LogP contribution < -0.4 is 5.73 Å². The van der Waals surface area contributed by atoms with Gasteiger partial charge in [0.1, 0.15) is 0 Å². The molecule has 0 spiro atoms. The number of nitrogen functional groups attached to an aromatic ring is 1. The molecule has 1 aliphatic heterocycles. The number of rotatable bonds is 3. The van der Waals surface area contributed by atoms with Gasteiger partial charge in [0.15, 0.2) is 0 Å². The molecule has 1 aromatic heterocycles. The van der Waals surface area contributed by atoms with Crippen molar-refractivity contribution in [3.05, 3.63) is 58.1 Å². The third-order valence-corrected chi connectivity index (χ3v) is 5.45. The van der Waals surface area contributed by atoms with Crippen molar-refractivity contribution in [1.29, 1.82) is 0 Å². The molecular formula is C20H20Cl2N4O. The minimum absolute atomic E-state index is 0.0704. The fraction of sp³-hybridized carbons (Fsp3) is 0.300. The Bertz CT molecular complexity index is 981. The Kier molecular flexibility index (Phi) is 4.98. The van der Waals surface area contributed by atoms with E-state index in [2.05, 4.69) is 9.55 Å². The Morgan fingerprint density at radius 3 is 2.70 bits per heavy atom. The molecule has 0 bridgehead atoms. The van der Waals surface area contributed by atoms with Gasteiger partial charge >= 0.3 is 0 Å². The molecule has 5 nitrogen and oxygen atoms in total. The van der Waals surface area contributed by atoms with Gasteiger partial charge in [-0.3, -0.25) is 4.79 Å². The highest BCUT2D eigenvalue weighted by Crippen LogP contribution is 2.29.